The van der Waals surface area contributed by atoms with Crippen LogP contribution in [-0.4, -0.2) is 12.7 Å². The van der Waals surface area contributed by atoms with E-state index in [0.29, 0.717) is 7.25 Å². The van der Waals surface area contributed by atoms with E-state index in [1.165, 1.54) is 56.2 Å². The van der Waals surface area contributed by atoms with Crippen LogP contribution in [0.25, 0.3) is 23.5 Å². The molecule has 2 nitrogen and oxygen atoms in total. The standard InChI is InChI=1S/2C15H14N.CH2Cl.Zr/c2*1-11-7-12(2)16(10-11)15-8-13-5-3-4-6-14(13)9-15;1-2;/h2*3-10H,1-2H3;1H2;. The molecule has 6 rings (SSSR count). The van der Waals surface area contributed by atoms with Crippen LogP contribution in [0.1, 0.15) is 52.0 Å². The average molecular weight is 557 g/mol. The molecule has 0 N–H and O–H groups in total. The molecule has 175 valence electrons. The second kappa shape index (κ2) is 8.95. The first-order chi connectivity index (χ1) is 17.0. The van der Waals surface area contributed by atoms with E-state index in [-0.39, 0.29) is 0 Å². The third-order valence-corrected chi connectivity index (χ3v) is 16.8. The maximum absolute atomic E-state index is 7.07. The van der Waals surface area contributed by atoms with Crippen molar-refractivity contribution in [3.8, 4) is 0 Å². The molecule has 2 aromatic heterocycles. The molecule has 0 amide bonds. The van der Waals surface area contributed by atoms with Gasteiger partial charge in [-0.1, -0.05) is 0 Å². The number of benzene rings is 2. The van der Waals surface area contributed by atoms with Crippen LogP contribution >= 0.6 is 11.6 Å². The summed E-state index contributed by atoms with van der Waals surface area (Å²) in [4.78, 5) is 0. The van der Waals surface area contributed by atoms with Gasteiger partial charge >= 0.3 is 222 Å². The van der Waals surface area contributed by atoms with Crippen molar-refractivity contribution in [1.29, 1.82) is 0 Å². The van der Waals surface area contributed by atoms with Crippen molar-refractivity contribution >= 4 is 35.1 Å². The molecule has 0 saturated heterocycles. The van der Waals surface area contributed by atoms with Crippen molar-refractivity contribution < 1.29 is 21.8 Å². The van der Waals surface area contributed by atoms with Crippen molar-refractivity contribution in [3.05, 3.63) is 118 Å². The first-order valence-electron chi connectivity index (χ1n) is 12.3. The minimum absolute atomic E-state index is 0.396. The van der Waals surface area contributed by atoms with Crippen molar-refractivity contribution in [3.63, 3.8) is 0 Å². The summed E-state index contributed by atoms with van der Waals surface area (Å²) in [6.07, 6.45) is 9.45. The minimum atomic E-state index is -2.47. The second-order valence-electron chi connectivity index (χ2n) is 10.0. The summed E-state index contributed by atoms with van der Waals surface area (Å²) in [7, 11) is 0. The van der Waals surface area contributed by atoms with Gasteiger partial charge < -0.3 is 0 Å². The summed E-state index contributed by atoms with van der Waals surface area (Å²) >= 11 is 4.60. The second-order valence-corrected chi connectivity index (χ2v) is 17.9. The summed E-state index contributed by atoms with van der Waals surface area (Å²) in [5, 5.41) is 0. The first kappa shape index (κ1) is 23.1. The zero-order valence-electron chi connectivity index (χ0n) is 20.7. The van der Waals surface area contributed by atoms with Crippen molar-refractivity contribution in [2.45, 2.75) is 34.9 Å². The van der Waals surface area contributed by atoms with E-state index in [2.05, 4.69) is 122 Å². The zero-order valence-corrected chi connectivity index (χ0v) is 23.9. The third kappa shape index (κ3) is 3.79. The van der Waals surface area contributed by atoms with Crippen LogP contribution in [0.2, 0.25) is 0 Å². The molecule has 4 aromatic rings. The number of alkyl halides is 1. The van der Waals surface area contributed by atoms with E-state index < -0.39 is 21.8 Å². The number of hydrogen-bond acceptors (Lipinski definition) is 0. The zero-order chi connectivity index (χ0) is 24.3. The number of nitrogens with zero attached hydrogens (tertiary/aromatic N) is 2. The SMILES string of the molecule is Cc1cc(C)n(C2=Cc3ccccc3[CH]2[Zr]([CH2]Cl)[CH]2C(n3cc(C)cc3C)=Cc3ccccc32)c1. The molecule has 0 spiro atoms. The Bertz CT molecular complexity index is 1390. The fourth-order valence-corrected chi connectivity index (χ4v) is 15.8. The van der Waals surface area contributed by atoms with Gasteiger partial charge in [-0.15, -0.1) is 0 Å². The van der Waals surface area contributed by atoms with Gasteiger partial charge in [-0.05, 0) is 0 Å². The normalized spacial score (nSPS) is 18.3. The van der Waals surface area contributed by atoms with E-state index in [9.17, 15) is 0 Å². The molecule has 0 fully saturated rings. The fraction of sp³-hybridized carbons (Fsp3) is 0.226. The Morgan fingerprint density at radius 2 is 1.11 bits per heavy atom. The molecule has 2 atom stereocenters. The topological polar surface area (TPSA) is 9.86 Å². The van der Waals surface area contributed by atoms with Crippen LogP contribution in [0, 0.1) is 27.7 Å². The molecular formula is C31H30ClN2Zr. The number of halogens is 1. The Morgan fingerprint density at radius 3 is 1.49 bits per heavy atom. The summed E-state index contributed by atoms with van der Waals surface area (Å²) in [6.45, 7) is 8.82. The Balaban J connectivity index is 1.54. The van der Waals surface area contributed by atoms with Crippen LogP contribution in [0.15, 0.2) is 73.1 Å². The summed E-state index contributed by atoms with van der Waals surface area (Å²) in [5.74, 6) is 0. The van der Waals surface area contributed by atoms with Crippen LogP contribution in [0.3, 0.4) is 0 Å². The maximum atomic E-state index is 7.07. The molecule has 4 heteroatoms. The van der Waals surface area contributed by atoms with Crippen LogP contribution in [-0.2, 0) is 21.8 Å². The van der Waals surface area contributed by atoms with Gasteiger partial charge in [0.25, 0.3) is 0 Å². The molecule has 2 aromatic carbocycles. The van der Waals surface area contributed by atoms with Gasteiger partial charge in [0.15, 0.2) is 0 Å². The van der Waals surface area contributed by atoms with Gasteiger partial charge in [-0.25, -0.2) is 0 Å². The van der Waals surface area contributed by atoms with Crippen LogP contribution in [0.5, 0.6) is 0 Å². The van der Waals surface area contributed by atoms with E-state index in [1.54, 1.807) is 0 Å². The molecule has 0 bridgehead atoms. The number of rotatable bonds is 5. The predicted octanol–water partition coefficient (Wildman–Crippen LogP) is 8.14. The van der Waals surface area contributed by atoms with E-state index in [1.807, 2.05) is 0 Å². The van der Waals surface area contributed by atoms with Crippen LogP contribution < -0.4 is 0 Å². The molecule has 35 heavy (non-hydrogen) atoms. The molecule has 0 radical (unpaired) electrons. The monoisotopic (exact) mass is 555 g/mol. The number of aromatic nitrogens is 2. The van der Waals surface area contributed by atoms with E-state index in [0.717, 1.165) is 3.59 Å². The van der Waals surface area contributed by atoms with Gasteiger partial charge in [-0.3, -0.25) is 0 Å². The molecule has 0 saturated carbocycles. The number of hydrogen-bond donors (Lipinski definition) is 0. The first-order valence-corrected chi connectivity index (χ1v) is 17.4. The van der Waals surface area contributed by atoms with E-state index >= 15 is 0 Å². The Kier molecular flexibility index (Phi) is 5.90. The van der Waals surface area contributed by atoms with Crippen LogP contribution in [0.4, 0.5) is 0 Å². The number of fused-ring (bicyclic) bond motifs is 2. The van der Waals surface area contributed by atoms with Crippen molar-refractivity contribution in [2.24, 2.45) is 0 Å². The molecule has 2 aliphatic carbocycles. The van der Waals surface area contributed by atoms with Gasteiger partial charge in [0.05, 0.1) is 0 Å². The summed E-state index contributed by atoms with van der Waals surface area (Å²) in [5.41, 5.74) is 13.7. The fourth-order valence-electron chi connectivity index (χ4n) is 6.17. The average Bonchev–Trinajstić information content (AvgIpc) is 3.58. The quantitative estimate of drug-likeness (QED) is 0.219. The van der Waals surface area contributed by atoms with Gasteiger partial charge in [0, 0.05) is 0 Å². The van der Waals surface area contributed by atoms with Crippen molar-refractivity contribution in [1.82, 2.24) is 9.13 Å². The molecular weight excluding hydrogens is 527 g/mol. The van der Waals surface area contributed by atoms with Gasteiger partial charge in [0.1, 0.15) is 0 Å². The molecule has 2 heterocycles. The predicted molar refractivity (Wildman–Crippen MR) is 145 cm³/mol. The number of aryl methyl sites for hydroxylation is 4. The Hall–Kier alpha value is -2.35. The Labute approximate surface area is 221 Å². The Morgan fingerprint density at radius 1 is 0.686 bits per heavy atom. The third-order valence-electron chi connectivity index (χ3n) is 7.56. The van der Waals surface area contributed by atoms with Crippen molar-refractivity contribution in [2.75, 3.05) is 3.59 Å². The molecule has 0 aliphatic heterocycles. The summed E-state index contributed by atoms with van der Waals surface area (Å²) < 4.78 is 6.43. The molecule has 2 aliphatic rings. The number of allylic oxidation sites excluding steroid dienone is 2. The van der Waals surface area contributed by atoms with E-state index in [4.69, 9.17) is 11.6 Å². The molecule has 2 unspecified atom stereocenters. The summed E-state index contributed by atoms with van der Waals surface area (Å²) in [6, 6.07) is 22.5. The van der Waals surface area contributed by atoms with Gasteiger partial charge in [-0.2, -0.15) is 0 Å². The van der Waals surface area contributed by atoms with Gasteiger partial charge in [0.2, 0.25) is 0 Å².